The molecule has 5 nitrogen and oxygen atoms in total. The van der Waals surface area contributed by atoms with E-state index in [-0.39, 0.29) is 11.9 Å². The molecule has 5 heteroatoms. The van der Waals surface area contributed by atoms with Crippen molar-refractivity contribution in [2.24, 2.45) is 29.6 Å². The van der Waals surface area contributed by atoms with Gasteiger partial charge in [-0.1, -0.05) is 13.3 Å². The van der Waals surface area contributed by atoms with E-state index in [2.05, 4.69) is 0 Å². The number of hydrogen-bond acceptors (Lipinski definition) is 2. The van der Waals surface area contributed by atoms with E-state index in [1.807, 2.05) is 18.9 Å². The molecule has 3 fully saturated rings. The number of aliphatic carboxylic acids is 1. The molecule has 1 N–H and O–H groups in total. The van der Waals surface area contributed by atoms with Crippen LogP contribution in [-0.4, -0.2) is 53.6 Å². The minimum absolute atomic E-state index is 0.00775. The zero-order valence-electron chi connectivity index (χ0n) is 13.0. The van der Waals surface area contributed by atoms with Gasteiger partial charge in [0.25, 0.3) is 0 Å². The van der Waals surface area contributed by atoms with Crippen molar-refractivity contribution >= 4 is 12.0 Å². The number of likely N-dealkylation sites (tertiary alicyclic amines) is 1. The molecule has 0 aromatic carbocycles. The Kier molecular flexibility index (Phi) is 3.84. The van der Waals surface area contributed by atoms with Crippen LogP contribution in [0.15, 0.2) is 0 Å². The van der Waals surface area contributed by atoms with Crippen molar-refractivity contribution < 1.29 is 14.7 Å². The Bertz CT molecular complexity index is 439. The van der Waals surface area contributed by atoms with Gasteiger partial charge < -0.3 is 14.9 Å². The molecule has 1 saturated heterocycles. The number of nitrogens with zero attached hydrogens (tertiary/aromatic N) is 2. The van der Waals surface area contributed by atoms with E-state index in [1.54, 1.807) is 4.90 Å². The highest BCUT2D eigenvalue weighted by molar-refractivity contribution is 5.77. The number of carboxylic acid groups (broad SMARTS) is 1. The number of amides is 2. The Morgan fingerprint density at radius 2 is 2.00 bits per heavy atom. The van der Waals surface area contributed by atoms with Crippen LogP contribution < -0.4 is 0 Å². The topological polar surface area (TPSA) is 60.9 Å². The summed E-state index contributed by atoms with van der Waals surface area (Å²) in [4.78, 5) is 27.2. The molecule has 0 aromatic heterocycles. The quantitative estimate of drug-likeness (QED) is 0.867. The Morgan fingerprint density at radius 3 is 2.52 bits per heavy atom. The SMILES string of the molecule is C[C@@H]1CN(C(=O)N(C)CC2CC3CCC2C3)C[C@H]1C(=O)O. The first-order valence-electron chi connectivity index (χ1n) is 8.18. The van der Waals surface area contributed by atoms with Crippen LogP contribution in [0.5, 0.6) is 0 Å². The van der Waals surface area contributed by atoms with E-state index in [9.17, 15) is 14.7 Å². The van der Waals surface area contributed by atoms with Crippen molar-refractivity contribution in [1.82, 2.24) is 9.80 Å². The first kappa shape index (κ1) is 14.7. The second-order valence-corrected chi connectivity index (χ2v) is 7.43. The molecule has 1 heterocycles. The number of fused-ring (bicyclic) bond motifs is 2. The van der Waals surface area contributed by atoms with E-state index in [0.717, 1.165) is 18.4 Å². The van der Waals surface area contributed by atoms with E-state index in [0.29, 0.717) is 19.0 Å². The molecule has 1 aliphatic heterocycles. The minimum atomic E-state index is -0.784. The first-order chi connectivity index (χ1) is 9.95. The summed E-state index contributed by atoms with van der Waals surface area (Å²) in [6.07, 6.45) is 5.34. The normalized spacial score (nSPS) is 38.0. The number of urea groups is 1. The second kappa shape index (κ2) is 5.50. The highest BCUT2D eigenvalue weighted by Gasteiger charge is 2.42. The third-order valence-electron chi connectivity index (χ3n) is 5.92. The Morgan fingerprint density at radius 1 is 1.24 bits per heavy atom. The van der Waals surface area contributed by atoms with Gasteiger partial charge in [-0.25, -0.2) is 4.79 Å². The van der Waals surface area contributed by atoms with Gasteiger partial charge in [0.15, 0.2) is 0 Å². The second-order valence-electron chi connectivity index (χ2n) is 7.43. The van der Waals surface area contributed by atoms with Gasteiger partial charge in [-0.05, 0) is 42.9 Å². The first-order valence-corrected chi connectivity index (χ1v) is 8.18. The Hall–Kier alpha value is -1.26. The highest BCUT2D eigenvalue weighted by atomic mass is 16.4. The summed E-state index contributed by atoms with van der Waals surface area (Å²) in [5.74, 6) is 1.22. The predicted octanol–water partition coefficient (Wildman–Crippen LogP) is 2.13. The molecule has 21 heavy (non-hydrogen) atoms. The maximum absolute atomic E-state index is 12.5. The van der Waals surface area contributed by atoms with Crippen molar-refractivity contribution in [2.75, 3.05) is 26.7 Å². The maximum atomic E-state index is 12.5. The van der Waals surface area contributed by atoms with E-state index >= 15 is 0 Å². The predicted molar refractivity (Wildman–Crippen MR) is 78.8 cm³/mol. The average Bonchev–Trinajstić information content (AvgIpc) is 3.12. The van der Waals surface area contributed by atoms with Gasteiger partial charge in [-0.2, -0.15) is 0 Å². The van der Waals surface area contributed by atoms with Crippen LogP contribution in [0.3, 0.4) is 0 Å². The molecule has 2 aliphatic carbocycles. The molecule has 3 aliphatic rings. The van der Waals surface area contributed by atoms with Crippen LogP contribution in [0.4, 0.5) is 4.79 Å². The van der Waals surface area contributed by atoms with E-state index in [1.165, 1.54) is 25.7 Å². The summed E-state index contributed by atoms with van der Waals surface area (Å²) in [6.45, 7) is 3.68. The van der Waals surface area contributed by atoms with Gasteiger partial charge in [-0.15, -0.1) is 0 Å². The molecule has 118 valence electrons. The molecule has 3 unspecified atom stereocenters. The maximum Gasteiger partial charge on any atom is 0.319 e. The van der Waals surface area contributed by atoms with Gasteiger partial charge in [0, 0.05) is 26.7 Å². The van der Waals surface area contributed by atoms with Crippen molar-refractivity contribution in [3.05, 3.63) is 0 Å². The third-order valence-corrected chi connectivity index (χ3v) is 5.92. The summed E-state index contributed by atoms with van der Waals surface area (Å²) in [5, 5.41) is 9.17. The lowest BCUT2D eigenvalue weighted by Gasteiger charge is -2.30. The highest BCUT2D eigenvalue weighted by Crippen LogP contribution is 2.48. The third kappa shape index (κ3) is 2.74. The van der Waals surface area contributed by atoms with Crippen LogP contribution in [0.2, 0.25) is 0 Å². The van der Waals surface area contributed by atoms with Crippen LogP contribution >= 0.6 is 0 Å². The summed E-state index contributed by atoms with van der Waals surface area (Å²) in [6, 6.07) is 0.00775. The molecule has 0 spiro atoms. The molecule has 0 aromatic rings. The molecule has 0 radical (unpaired) electrons. The lowest BCUT2D eigenvalue weighted by atomic mass is 9.88. The largest absolute Gasteiger partial charge is 0.481 e. The van der Waals surface area contributed by atoms with Crippen molar-refractivity contribution in [2.45, 2.75) is 32.6 Å². The van der Waals surface area contributed by atoms with Crippen LogP contribution in [-0.2, 0) is 4.79 Å². The summed E-state index contributed by atoms with van der Waals surface area (Å²) in [7, 11) is 1.87. The minimum Gasteiger partial charge on any atom is -0.481 e. The zero-order chi connectivity index (χ0) is 15.1. The van der Waals surface area contributed by atoms with Crippen molar-refractivity contribution in [1.29, 1.82) is 0 Å². The van der Waals surface area contributed by atoms with Crippen LogP contribution in [0.25, 0.3) is 0 Å². The Balaban J connectivity index is 1.54. The molecular weight excluding hydrogens is 268 g/mol. The van der Waals surface area contributed by atoms with Crippen molar-refractivity contribution in [3.63, 3.8) is 0 Å². The molecule has 2 saturated carbocycles. The van der Waals surface area contributed by atoms with Crippen LogP contribution in [0.1, 0.15) is 32.6 Å². The number of carbonyl (C=O) groups is 2. The molecule has 3 rings (SSSR count). The number of hydrogen-bond donors (Lipinski definition) is 1. The molecule has 5 atom stereocenters. The molecule has 2 amide bonds. The van der Waals surface area contributed by atoms with Gasteiger partial charge in [0.05, 0.1) is 5.92 Å². The van der Waals surface area contributed by atoms with Gasteiger partial charge >= 0.3 is 12.0 Å². The summed E-state index contributed by atoms with van der Waals surface area (Å²) in [5.41, 5.74) is 0. The molecule has 2 bridgehead atoms. The fourth-order valence-electron chi connectivity index (χ4n) is 4.72. The summed E-state index contributed by atoms with van der Waals surface area (Å²) < 4.78 is 0. The van der Waals surface area contributed by atoms with Crippen molar-refractivity contribution in [3.8, 4) is 0 Å². The average molecular weight is 294 g/mol. The monoisotopic (exact) mass is 294 g/mol. The summed E-state index contributed by atoms with van der Waals surface area (Å²) >= 11 is 0. The van der Waals surface area contributed by atoms with Crippen LogP contribution in [0, 0.1) is 29.6 Å². The fourth-order valence-corrected chi connectivity index (χ4v) is 4.72. The van der Waals surface area contributed by atoms with Gasteiger partial charge in [0.2, 0.25) is 0 Å². The fraction of sp³-hybridized carbons (Fsp3) is 0.875. The smallest absolute Gasteiger partial charge is 0.319 e. The van der Waals surface area contributed by atoms with Gasteiger partial charge in [0.1, 0.15) is 0 Å². The molecular formula is C16H26N2O3. The number of carbonyl (C=O) groups excluding carboxylic acids is 1. The number of carboxylic acids is 1. The standard InChI is InChI=1S/C16H26N2O3/c1-10-7-18(9-14(10)15(19)20)16(21)17(2)8-13-6-11-3-4-12(13)5-11/h10-14H,3-9H2,1-2H3,(H,19,20)/t10-,11?,12?,13?,14-/m1/s1. The Labute approximate surface area is 126 Å². The number of rotatable bonds is 3. The van der Waals surface area contributed by atoms with Gasteiger partial charge in [-0.3, -0.25) is 4.79 Å². The van der Waals surface area contributed by atoms with E-state index < -0.39 is 11.9 Å². The van der Waals surface area contributed by atoms with E-state index in [4.69, 9.17) is 0 Å². The lowest BCUT2D eigenvalue weighted by molar-refractivity contribution is -0.142. The zero-order valence-corrected chi connectivity index (χ0v) is 13.0. The lowest BCUT2D eigenvalue weighted by Crippen LogP contribution is -2.43.